The second kappa shape index (κ2) is 8.19. The number of nitrogens with zero attached hydrogens (tertiary/aromatic N) is 4. The molecule has 0 amide bonds. The highest BCUT2D eigenvalue weighted by molar-refractivity contribution is 5.93. The van der Waals surface area contributed by atoms with Crippen LogP contribution in [0.25, 0.3) is 21.9 Å². The minimum Gasteiger partial charge on any atom is -0.395 e. The molecule has 0 bridgehead atoms. The van der Waals surface area contributed by atoms with Gasteiger partial charge in [-0.25, -0.2) is 9.97 Å². The van der Waals surface area contributed by atoms with Crippen LogP contribution in [0.1, 0.15) is 20.8 Å². The van der Waals surface area contributed by atoms with E-state index >= 15 is 0 Å². The molecule has 0 fully saturated rings. The number of anilines is 3. The molecule has 4 heterocycles. The van der Waals surface area contributed by atoms with Crippen molar-refractivity contribution in [2.75, 3.05) is 17.2 Å². The minimum atomic E-state index is -0.303. The van der Waals surface area contributed by atoms with Crippen molar-refractivity contribution in [2.24, 2.45) is 0 Å². The molecular weight excluding hydrogens is 394 g/mol. The maximum absolute atomic E-state index is 13.0. The molecule has 0 saturated carbocycles. The fourth-order valence-corrected chi connectivity index (χ4v) is 3.31. The maximum atomic E-state index is 13.0. The van der Waals surface area contributed by atoms with Gasteiger partial charge in [0, 0.05) is 36.2 Å². The summed E-state index contributed by atoms with van der Waals surface area (Å²) in [4.78, 5) is 22.1. The summed E-state index contributed by atoms with van der Waals surface area (Å²) in [6, 6.07) is 7.48. The van der Waals surface area contributed by atoms with Crippen molar-refractivity contribution in [3.8, 4) is 11.1 Å². The highest BCUT2D eigenvalue weighted by atomic mass is 16.3. The Morgan fingerprint density at radius 3 is 2.71 bits per heavy atom. The quantitative estimate of drug-likeness (QED) is 0.379. The largest absolute Gasteiger partial charge is 0.395 e. The van der Waals surface area contributed by atoms with Crippen LogP contribution in [0.15, 0.2) is 53.8 Å². The molecule has 0 atom stereocenters. The summed E-state index contributed by atoms with van der Waals surface area (Å²) in [7, 11) is 0. The van der Waals surface area contributed by atoms with Crippen LogP contribution < -0.4 is 16.2 Å². The third-order valence-corrected chi connectivity index (χ3v) is 4.64. The van der Waals surface area contributed by atoms with Crippen molar-refractivity contribution in [3.05, 3.63) is 59.4 Å². The molecule has 0 aromatic carbocycles. The van der Waals surface area contributed by atoms with E-state index in [1.165, 1.54) is 4.57 Å². The van der Waals surface area contributed by atoms with Gasteiger partial charge in [-0.3, -0.25) is 9.89 Å². The van der Waals surface area contributed by atoms with Crippen molar-refractivity contribution in [3.63, 3.8) is 0 Å². The zero-order valence-corrected chi connectivity index (χ0v) is 17.7. The molecule has 0 unspecified atom stereocenters. The Bertz CT molecular complexity index is 1260. The lowest BCUT2D eigenvalue weighted by molar-refractivity contribution is 0.274. The molecular formula is C22H25N7O2. The first-order valence-corrected chi connectivity index (χ1v) is 9.99. The first-order chi connectivity index (χ1) is 14.8. The van der Waals surface area contributed by atoms with E-state index < -0.39 is 0 Å². The van der Waals surface area contributed by atoms with Crippen LogP contribution in [-0.4, -0.2) is 42.0 Å². The Hall–Kier alpha value is -3.72. The first kappa shape index (κ1) is 20.5. The SMILES string of the molecule is CC(C)(C)Nc1nc(Nc2cc(-c3cn[nH]c3)ccn2)cc2ccn(CCO)c(=O)c12. The molecule has 9 heteroatoms. The van der Waals surface area contributed by atoms with E-state index in [4.69, 9.17) is 0 Å². The molecule has 160 valence electrons. The van der Waals surface area contributed by atoms with Crippen LogP contribution in [0.2, 0.25) is 0 Å². The summed E-state index contributed by atoms with van der Waals surface area (Å²) in [5, 5.41) is 23.9. The summed E-state index contributed by atoms with van der Waals surface area (Å²) >= 11 is 0. The van der Waals surface area contributed by atoms with Crippen LogP contribution in [0, 0.1) is 0 Å². The van der Waals surface area contributed by atoms with Gasteiger partial charge >= 0.3 is 0 Å². The van der Waals surface area contributed by atoms with E-state index in [1.807, 2.05) is 51.2 Å². The Morgan fingerprint density at radius 2 is 2.00 bits per heavy atom. The lowest BCUT2D eigenvalue weighted by Crippen LogP contribution is -2.29. The number of aromatic amines is 1. The molecule has 31 heavy (non-hydrogen) atoms. The third-order valence-electron chi connectivity index (χ3n) is 4.64. The van der Waals surface area contributed by atoms with Crippen LogP contribution in [0.5, 0.6) is 0 Å². The maximum Gasteiger partial charge on any atom is 0.262 e. The number of pyridine rings is 3. The summed E-state index contributed by atoms with van der Waals surface area (Å²) in [5.41, 5.74) is 1.42. The van der Waals surface area contributed by atoms with Crippen molar-refractivity contribution in [1.29, 1.82) is 0 Å². The molecule has 0 spiro atoms. The van der Waals surface area contributed by atoms with Gasteiger partial charge in [-0.2, -0.15) is 5.10 Å². The summed E-state index contributed by atoms with van der Waals surface area (Å²) in [6.45, 7) is 6.14. The highest BCUT2D eigenvalue weighted by Gasteiger charge is 2.17. The first-order valence-electron chi connectivity index (χ1n) is 9.99. The number of H-pyrrole nitrogens is 1. The van der Waals surface area contributed by atoms with Gasteiger partial charge in [-0.1, -0.05) is 0 Å². The predicted molar refractivity (Wildman–Crippen MR) is 122 cm³/mol. The van der Waals surface area contributed by atoms with Crippen LogP contribution >= 0.6 is 0 Å². The van der Waals surface area contributed by atoms with Gasteiger partial charge < -0.3 is 20.3 Å². The monoisotopic (exact) mass is 419 g/mol. The Morgan fingerprint density at radius 1 is 1.16 bits per heavy atom. The van der Waals surface area contributed by atoms with Gasteiger partial charge in [0.1, 0.15) is 17.5 Å². The fraction of sp³-hybridized carbons (Fsp3) is 0.273. The number of hydrogen-bond acceptors (Lipinski definition) is 7. The second-order valence-corrected chi connectivity index (χ2v) is 8.27. The van der Waals surface area contributed by atoms with Gasteiger partial charge in [0.25, 0.3) is 5.56 Å². The topological polar surface area (TPSA) is 121 Å². The molecule has 4 aromatic rings. The van der Waals surface area contributed by atoms with Crippen LogP contribution in [0.4, 0.5) is 17.5 Å². The van der Waals surface area contributed by atoms with Gasteiger partial charge in [0.05, 0.1) is 18.2 Å². The molecule has 4 N–H and O–H groups in total. The average molecular weight is 419 g/mol. The summed E-state index contributed by atoms with van der Waals surface area (Å²) in [5.74, 6) is 1.67. The molecule has 0 radical (unpaired) electrons. The Labute approximate surface area is 179 Å². The normalized spacial score (nSPS) is 11.6. The molecule has 0 aliphatic rings. The summed E-state index contributed by atoms with van der Waals surface area (Å²) in [6.07, 6.45) is 6.96. The smallest absolute Gasteiger partial charge is 0.262 e. The van der Waals surface area contributed by atoms with E-state index in [0.29, 0.717) is 22.8 Å². The molecule has 4 rings (SSSR count). The van der Waals surface area contributed by atoms with E-state index in [1.54, 1.807) is 18.6 Å². The minimum absolute atomic E-state index is 0.112. The number of nitrogens with one attached hydrogen (secondary N) is 3. The fourth-order valence-electron chi connectivity index (χ4n) is 3.31. The zero-order valence-electron chi connectivity index (χ0n) is 17.7. The Kier molecular flexibility index (Phi) is 5.43. The van der Waals surface area contributed by atoms with Crippen LogP contribution in [0.3, 0.4) is 0 Å². The van der Waals surface area contributed by atoms with Gasteiger partial charge in [-0.15, -0.1) is 0 Å². The van der Waals surface area contributed by atoms with E-state index in [-0.39, 0.29) is 24.2 Å². The molecule has 0 aliphatic heterocycles. The predicted octanol–water partition coefficient (Wildman–Crippen LogP) is 3.13. The number of aliphatic hydroxyl groups excluding tert-OH is 1. The van der Waals surface area contributed by atoms with Gasteiger partial charge in [0.2, 0.25) is 0 Å². The van der Waals surface area contributed by atoms with E-state index in [0.717, 1.165) is 16.5 Å². The number of hydrogen-bond donors (Lipinski definition) is 4. The number of rotatable bonds is 6. The zero-order chi connectivity index (χ0) is 22.0. The standard InChI is InChI=1S/C22H25N7O2/c1-22(2,3)28-20-19-15(5-7-29(8-9-30)21(19)31)11-18(27-20)26-17-10-14(4-6-23-17)16-12-24-25-13-16/h4-7,10-13,30H,8-9H2,1-3H3,(H,24,25)(H2,23,26,27,28). The lowest BCUT2D eigenvalue weighted by atomic mass is 10.1. The van der Waals surface area contributed by atoms with Crippen molar-refractivity contribution in [2.45, 2.75) is 32.9 Å². The number of aliphatic hydroxyl groups is 1. The van der Waals surface area contributed by atoms with Crippen molar-refractivity contribution in [1.82, 2.24) is 24.7 Å². The number of fused-ring (bicyclic) bond motifs is 1. The molecule has 9 nitrogen and oxygen atoms in total. The van der Waals surface area contributed by atoms with E-state index in [9.17, 15) is 9.90 Å². The molecule has 0 aliphatic carbocycles. The van der Waals surface area contributed by atoms with Gasteiger partial charge in [0.15, 0.2) is 0 Å². The van der Waals surface area contributed by atoms with Gasteiger partial charge in [-0.05, 0) is 56.0 Å². The third kappa shape index (κ3) is 4.56. The second-order valence-electron chi connectivity index (χ2n) is 8.27. The Balaban J connectivity index is 1.78. The van der Waals surface area contributed by atoms with E-state index in [2.05, 4.69) is 30.8 Å². The van der Waals surface area contributed by atoms with Crippen LogP contribution in [-0.2, 0) is 6.54 Å². The lowest BCUT2D eigenvalue weighted by Gasteiger charge is -2.23. The number of aromatic nitrogens is 5. The molecule has 0 saturated heterocycles. The van der Waals surface area contributed by atoms with Crippen molar-refractivity contribution < 1.29 is 5.11 Å². The molecule has 4 aromatic heterocycles. The highest BCUT2D eigenvalue weighted by Crippen LogP contribution is 2.27. The summed E-state index contributed by atoms with van der Waals surface area (Å²) < 4.78 is 1.49. The average Bonchev–Trinajstić information content (AvgIpc) is 3.24. The van der Waals surface area contributed by atoms with Crippen molar-refractivity contribution >= 4 is 28.2 Å².